The number of carbonyl (C=O) groups excluding carboxylic acids is 1. The smallest absolute Gasteiger partial charge is 0.231 e. The number of hydrogen-bond acceptors (Lipinski definition) is 6. The van der Waals surface area contributed by atoms with E-state index >= 15 is 0 Å². The van der Waals surface area contributed by atoms with Crippen molar-refractivity contribution in [3.05, 3.63) is 48.4 Å². The molecule has 26 heavy (non-hydrogen) atoms. The van der Waals surface area contributed by atoms with Gasteiger partial charge in [0.1, 0.15) is 11.5 Å². The largest absolute Gasteiger partial charge is 0.496 e. The van der Waals surface area contributed by atoms with Gasteiger partial charge in [0.05, 0.1) is 30.7 Å². The molecule has 0 unspecified atom stereocenters. The van der Waals surface area contributed by atoms with Crippen molar-refractivity contribution in [3.8, 4) is 17.1 Å². The second-order valence-electron chi connectivity index (χ2n) is 5.66. The molecule has 7 nitrogen and oxygen atoms in total. The number of nitrogens with zero attached hydrogens (tertiary/aromatic N) is 3. The van der Waals surface area contributed by atoms with Gasteiger partial charge in [-0.05, 0) is 31.2 Å². The number of furan rings is 1. The number of amides is 1. The highest BCUT2D eigenvalue weighted by Crippen LogP contribution is 2.29. The van der Waals surface area contributed by atoms with Crippen LogP contribution >= 0.6 is 11.8 Å². The van der Waals surface area contributed by atoms with Gasteiger partial charge in [-0.3, -0.25) is 4.79 Å². The zero-order valence-corrected chi connectivity index (χ0v) is 15.6. The lowest BCUT2D eigenvalue weighted by Gasteiger charge is -2.11. The summed E-state index contributed by atoms with van der Waals surface area (Å²) in [4.78, 5) is 12.2. The van der Waals surface area contributed by atoms with Crippen LogP contribution in [-0.2, 0) is 11.8 Å². The number of carbonyl (C=O) groups is 1. The van der Waals surface area contributed by atoms with Crippen LogP contribution in [0.5, 0.6) is 5.75 Å². The molecule has 1 atom stereocenters. The lowest BCUT2D eigenvalue weighted by atomic mass is 10.2. The molecule has 0 aliphatic heterocycles. The number of para-hydroxylation sites is 1. The molecule has 0 saturated carbocycles. The summed E-state index contributed by atoms with van der Waals surface area (Å²) in [5.74, 6) is 2.28. The Morgan fingerprint density at radius 1 is 1.31 bits per heavy atom. The van der Waals surface area contributed by atoms with Crippen molar-refractivity contribution < 1.29 is 13.9 Å². The Kier molecular flexibility index (Phi) is 5.62. The maximum absolute atomic E-state index is 12.2. The van der Waals surface area contributed by atoms with Gasteiger partial charge in [-0.1, -0.05) is 23.9 Å². The van der Waals surface area contributed by atoms with Gasteiger partial charge in [0.15, 0.2) is 11.0 Å². The van der Waals surface area contributed by atoms with Gasteiger partial charge < -0.3 is 19.0 Å². The molecule has 0 aliphatic rings. The third-order valence-corrected chi connectivity index (χ3v) is 4.88. The van der Waals surface area contributed by atoms with Crippen LogP contribution in [0, 0.1) is 0 Å². The summed E-state index contributed by atoms with van der Waals surface area (Å²) >= 11 is 1.33. The summed E-state index contributed by atoms with van der Waals surface area (Å²) in [6.45, 7) is 1.88. The molecule has 0 aliphatic carbocycles. The fourth-order valence-corrected chi connectivity index (χ4v) is 3.25. The molecular weight excluding hydrogens is 352 g/mol. The van der Waals surface area contributed by atoms with E-state index in [4.69, 9.17) is 9.15 Å². The van der Waals surface area contributed by atoms with Gasteiger partial charge in [0.2, 0.25) is 5.91 Å². The molecule has 1 N–H and O–H groups in total. The third kappa shape index (κ3) is 3.91. The van der Waals surface area contributed by atoms with Crippen LogP contribution in [0.1, 0.15) is 18.7 Å². The Morgan fingerprint density at radius 2 is 2.12 bits per heavy atom. The van der Waals surface area contributed by atoms with E-state index in [1.807, 2.05) is 48.9 Å². The normalized spacial score (nSPS) is 12.0. The molecule has 1 amide bonds. The van der Waals surface area contributed by atoms with E-state index < -0.39 is 0 Å². The van der Waals surface area contributed by atoms with Gasteiger partial charge in [-0.15, -0.1) is 10.2 Å². The fraction of sp³-hybridized carbons (Fsp3) is 0.278. The highest BCUT2D eigenvalue weighted by molar-refractivity contribution is 7.99. The van der Waals surface area contributed by atoms with Gasteiger partial charge in [0, 0.05) is 7.05 Å². The molecular formula is C18H20N4O3S. The maximum Gasteiger partial charge on any atom is 0.231 e. The predicted molar refractivity (Wildman–Crippen MR) is 99.0 cm³/mol. The van der Waals surface area contributed by atoms with Crippen molar-refractivity contribution >= 4 is 17.7 Å². The lowest BCUT2D eigenvalue weighted by Crippen LogP contribution is -2.28. The number of hydrogen-bond donors (Lipinski definition) is 1. The lowest BCUT2D eigenvalue weighted by molar-refractivity contribution is -0.119. The van der Waals surface area contributed by atoms with Crippen LogP contribution in [-0.4, -0.2) is 33.5 Å². The zero-order chi connectivity index (χ0) is 18.5. The molecule has 2 heterocycles. The van der Waals surface area contributed by atoms with Crippen LogP contribution in [0.3, 0.4) is 0 Å². The second-order valence-corrected chi connectivity index (χ2v) is 6.60. The first kappa shape index (κ1) is 18.1. The van der Waals surface area contributed by atoms with E-state index in [0.717, 1.165) is 17.1 Å². The molecule has 136 valence electrons. The summed E-state index contributed by atoms with van der Waals surface area (Å²) < 4.78 is 12.5. The number of thioether (sulfide) groups is 1. The standard InChI is InChI=1S/C18H20N4O3S/c1-12(14-9-6-10-25-14)19-16(23)11-26-18-21-20-17(22(18)2)13-7-4-5-8-15(13)24-3/h4-10,12H,11H2,1-3H3,(H,19,23)/t12-/m0/s1. The van der Waals surface area contributed by atoms with E-state index in [1.54, 1.807) is 19.4 Å². The molecule has 0 fully saturated rings. The van der Waals surface area contributed by atoms with E-state index in [0.29, 0.717) is 11.0 Å². The number of rotatable bonds is 7. The van der Waals surface area contributed by atoms with Gasteiger partial charge in [-0.25, -0.2) is 0 Å². The minimum atomic E-state index is -0.179. The zero-order valence-electron chi connectivity index (χ0n) is 14.8. The Morgan fingerprint density at radius 3 is 2.85 bits per heavy atom. The minimum Gasteiger partial charge on any atom is -0.496 e. The van der Waals surface area contributed by atoms with Crippen LogP contribution in [0.4, 0.5) is 0 Å². The minimum absolute atomic E-state index is 0.0965. The molecule has 0 spiro atoms. The number of ether oxygens (including phenoxy) is 1. The SMILES string of the molecule is COc1ccccc1-c1nnc(SCC(=O)N[C@@H](C)c2ccco2)n1C. The van der Waals surface area contributed by atoms with Crippen LogP contribution in [0.25, 0.3) is 11.4 Å². The summed E-state index contributed by atoms with van der Waals surface area (Å²) in [5, 5.41) is 12.0. The summed E-state index contributed by atoms with van der Waals surface area (Å²) in [6.07, 6.45) is 1.59. The monoisotopic (exact) mass is 372 g/mol. The van der Waals surface area contributed by atoms with E-state index in [9.17, 15) is 4.79 Å². The topological polar surface area (TPSA) is 82.2 Å². The molecule has 2 aromatic heterocycles. The van der Waals surface area contributed by atoms with Crippen molar-refractivity contribution in [2.75, 3.05) is 12.9 Å². The average Bonchev–Trinajstić information content (AvgIpc) is 3.30. The summed E-state index contributed by atoms with van der Waals surface area (Å²) in [7, 11) is 3.49. The van der Waals surface area contributed by atoms with Crippen molar-refractivity contribution in [2.45, 2.75) is 18.1 Å². The number of aromatic nitrogens is 3. The maximum atomic E-state index is 12.2. The van der Waals surface area contributed by atoms with Crippen molar-refractivity contribution in [1.29, 1.82) is 0 Å². The molecule has 3 rings (SSSR count). The first-order valence-electron chi connectivity index (χ1n) is 8.08. The number of nitrogens with one attached hydrogen (secondary N) is 1. The Hall–Kier alpha value is -2.74. The molecule has 3 aromatic rings. The van der Waals surface area contributed by atoms with E-state index in [-0.39, 0.29) is 17.7 Å². The molecule has 0 radical (unpaired) electrons. The number of benzene rings is 1. The molecule has 0 saturated heterocycles. The van der Waals surface area contributed by atoms with E-state index in [1.165, 1.54) is 11.8 Å². The predicted octanol–water partition coefficient (Wildman–Crippen LogP) is 3.05. The summed E-state index contributed by atoms with van der Waals surface area (Å²) in [6, 6.07) is 11.1. The van der Waals surface area contributed by atoms with Crippen molar-refractivity contribution in [2.24, 2.45) is 7.05 Å². The van der Waals surface area contributed by atoms with Crippen molar-refractivity contribution in [3.63, 3.8) is 0 Å². The highest BCUT2D eigenvalue weighted by Gasteiger charge is 2.17. The van der Waals surface area contributed by atoms with Gasteiger partial charge >= 0.3 is 0 Å². The van der Waals surface area contributed by atoms with Crippen LogP contribution in [0.2, 0.25) is 0 Å². The summed E-state index contributed by atoms with van der Waals surface area (Å²) in [5.41, 5.74) is 0.854. The van der Waals surface area contributed by atoms with Crippen molar-refractivity contribution in [1.82, 2.24) is 20.1 Å². The third-order valence-electron chi connectivity index (χ3n) is 3.86. The first-order chi connectivity index (χ1) is 12.6. The quantitative estimate of drug-likeness (QED) is 0.642. The molecule has 0 bridgehead atoms. The fourth-order valence-electron chi connectivity index (χ4n) is 2.53. The van der Waals surface area contributed by atoms with Gasteiger partial charge in [-0.2, -0.15) is 0 Å². The Balaban J connectivity index is 1.64. The highest BCUT2D eigenvalue weighted by atomic mass is 32.2. The molecule has 8 heteroatoms. The average molecular weight is 372 g/mol. The molecule has 1 aromatic carbocycles. The number of methoxy groups -OCH3 is 1. The first-order valence-corrected chi connectivity index (χ1v) is 9.07. The van der Waals surface area contributed by atoms with Crippen LogP contribution in [0.15, 0.2) is 52.2 Å². The Labute approximate surface area is 155 Å². The van der Waals surface area contributed by atoms with Crippen LogP contribution < -0.4 is 10.1 Å². The second kappa shape index (κ2) is 8.09. The van der Waals surface area contributed by atoms with E-state index in [2.05, 4.69) is 15.5 Å². The van der Waals surface area contributed by atoms with Gasteiger partial charge in [0.25, 0.3) is 0 Å². The Bertz CT molecular complexity index is 876.